The molecule has 0 saturated carbocycles. The maximum absolute atomic E-state index is 12.9. The lowest BCUT2D eigenvalue weighted by Gasteiger charge is -2.11. The average molecular weight is 404 g/mol. The molecule has 0 aliphatic rings. The summed E-state index contributed by atoms with van der Waals surface area (Å²) in [5.74, 6) is -0.457. The number of carbonyl (C=O) groups is 1. The van der Waals surface area contributed by atoms with Crippen LogP contribution in [0.2, 0.25) is 0 Å². The maximum Gasteiger partial charge on any atom is 0.242 e. The van der Waals surface area contributed by atoms with Gasteiger partial charge in [-0.1, -0.05) is 12.1 Å². The molecule has 0 unspecified atom stereocenters. The Morgan fingerprint density at radius 3 is 2.57 bits per heavy atom. The molecule has 0 atom stereocenters. The van der Waals surface area contributed by atoms with Crippen LogP contribution in [0.25, 0.3) is 11.0 Å². The van der Waals surface area contributed by atoms with Crippen molar-refractivity contribution in [1.29, 1.82) is 0 Å². The molecule has 2 aromatic carbocycles. The number of rotatable bonds is 7. The zero-order chi connectivity index (χ0) is 20.3. The topological polar surface area (TPSA) is 84.3 Å². The Morgan fingerprint density at radius 2 is 1.89 bits per heavy atom. The summed E-state index contributed by atoms with van der Waals surface area (Å²) < 4.78 is 40.3. The standard InChI is InChI=1S/C19H21FN4O3S/c1-23(2)28(26,27)16-7-8-18-17(11-16)22-13-24(18)10-9-19(25)21-12-14-3-5-15(20)6-4-14/h3-8,11,13H,9-10,12H2,1-2H3,(H,21,25). The van der Waals surface area contributed by atoms with Crippen molar-refractivity contribution in [2.75, 3.05) is 14.1 Å². The largest absolute Gasteiger partial charge is 0.352 e. The van der Waals surface area contributed by atoms with Crippen molar-refractivity contribution in [1.82, 2.24) is 19.2 Å². The number of aryl methyl sites for hydroxylation is 1. The van der Waals surface area contributed by atoms with Gasteiger partial charge < -0.3 is 9.88 Å². The van der Waals surface area contributed by atoms with Gasteiger partial charge in [0.25, 0.3) is 0 Å². The molecular weight excluding hydrogens is 383 g/mol. The van der Waals surface area contributed by atoms with Crippen molar-refractivity contribution >= 4 is 27.0 Å². The first-order chi connectivity index (χ1) is 13.3. The van der Waals surface area contributed by atoms with E-state index < -0.39 is 10.0 Å². The number of nitrogens with zero attached hydrogens (tertiary/aromatic N) is 3. The number of amides is 1. The van der Waals surface area contributed by atoms with Gasteiger partial charge in [0.1, 0.15) is 5.82 Å². The summed E-state index contributed by atoms with van der Waals surface area (Å²) in [7, 11) is -0.575. The lowest BCUT2D eigenvalue weighted by atomic mass is 10.2. The van der Waals surface area contributed by atoms with E-state index in [2.05, 4.69) is 10.3 Å². The number of nitrogens with one attached hydrogen (secondary N) is 1. The van der Waals surface area contributed by atoms with Crippen LogP contribution in [0.5, 0.6) is 0 Å². The Kier molecular flexibility index (Phi) is 5.76. The lowest BCUT2D eigenvalue weighted by molar-refractivity contribution is -0.121. The molecular formula is C19H21FN4O3S. The van der Waals surface area contributed by atoms with Crippen molar-refractivity contribution in [3.63, 3.8) is 0 Å². The van der Waals surface area contributed by atoms with Crippen LogP contribution in [0.4, 0.5) is 4.39 Å². The minimum atomic E-state index is -3.52. The number of benzene rings is 2. The van der Waals surface area contributed by atoms with Crippen LogP contribution in [0, 0.1) is 5.82 Å². The minimum Gasteiger partial charge on any atom is -0.352 e. The summed E-state index contributed by atoms with van der Waals surface area (Å²) in [4.78, 5) is 16.5. The van der Waals surface area contributed by atoms with Crippen molar-refractivity contribution < 1.29 is 17.6 Å². The molecule has 0 radical (unpaired) electrons. The number of fused-ring (bicyclic) bond motifs is 1. The van der Waals surface area contributed by atoms with Crippen LogP contribution in [0.15, 0.2) is 53.7 Å². The van der Waals surface area contributed by atoms with Gasteiger partial charge in [0.05, 0.1) is 22.3 Å². The molecule has 0 aliphatic heterocycles. The maximum atomic E-state index is 12.9. The first kappa shape index (κ1) is 20.0. The summed E-state index contributed by atoms with van der Waals surface area (Å²) >= 11 is 0. The highest BCUT2D eigenvalue weighted by Gasteiger charge is 2.18. The highest BCUT2D eigenvalue weighted by molar-refractivity contribution is 7.89. The summed E-state index contributed by atoms with van der Waals surface area (Å²) in [5, 5.41) is 2.79. The van der Waals surface area contributed by atoms with Gasteiger partial charge in [-0.3, -0.25) is 4.79 Å². The minimum absolute atomic E-state index is 0.141. The Labute approximate surface area is 162 Å². The predicted molar refractivity (Wildman–Crippen MR) is 103 cm³/mol. The smallest absolute Gasteiger partial charge is 0.242 e. The third-order valence-corrected chi connectivity index (χ3v) is 6.16. The molecule has 0 bridgehead atoms. The number of carbonyl (C=O) groups excluding carboxylic acids is 1. The molecule has 0 aliphatic carbocycles. The first-order valence-corrected chi connectivity index (χ1v) is 10.1. The van der Waals surface area contributed by atoms with Crippen LogP contribution in [-0.4, -0.2) is 42.3 Å². The zero-order valence-corrected chi connectivity index (χ0v) is 16.4. The number of halogens is 1. The van der Waals surface area contributed by atoms with Crippen LogP contribution in [0.3, 0.4) is 0 Å². The molecule has 1 heterocycles. The van der Waals surface area contributed by atoms with E-state index in [4.69, 9.17) is 0 Å². The molecule has 1 aromatic heterocycles. The second kappa shape index (κ2) is 8.07. The summed E-state index contributed by atoms with van der Waals surface area (Å²) in [6.45, 7) is 0.737. The summed E-state index contributed by atoms with van der Waals surface area (Å²) in [6, 6.07) is 10.7. The molecule has 1 amide bonds. The van der Waals surface area contributed by atoms with Crippen LogP contribution in [-0.2, 0) is 27.9 Å². The van der Waals surface area contributed by atoms with Gasteiger partial charge in [-0.15, -0.1) is 0 Å². The van der Waals surface area contributed by atoms with E-state index in [0.717, 1.165) is 15.4 Å². The summed E-state index contributed by atoms with van der Waals surface area (Å²) in [6.07, 6.45) is 1.83. The third-order valence-electron chi connectivity index (χ3n) is 4.35. The molecule has 0 saturated heterocycles. The zero-order valence-electron chi connectivity index (χ0n) is 15.6. The van der Waals surface area contributed by atoms with Crippen LogP contribution < -0.4 is 5.32 Å². The van der Waals surface area contributed by atoms with Crippen molar-refractivity contribution in [3.8, 4) is 0 Å². The van der Waals surface area contributed by atoms with Crippen molar-refractivity contribution in [2.24, 2.45) is 0 Å². The number of hydrogen-bond donors (Lipinski definition) is 1. The first-order valence-electron chi connectivity index (χ1n) is 8.66. The fraction of sp³-hybridized carbons (Fsp3) is 0.263. The summed E-state index contributed by atoms with van der Waals surface area (Å²) in [5.41, 5.74) is 2.12. The van der Waals surface area contributed by atoms with E-state index in [0.29, 0.717) is 18.6 Å². The number of aromatic nitrogens is 2. The highest BCUT2D eigenvalue weighted by Crippen LogP contribution is 2.20. The monoisotopic (exact) mass is 404 g/mol. The normalized spacial score (nSPS) is 11.9. The van der Waals surface area contributed by atoms with Gasteiger partial charge in [0.15, 0.2) is 0 Å². The second-order valence-electron chi connectivity index (χ2n) is 6.53. The molecule has 0 spiro atoms. The number of imidazole rings is 1. The molecule has 0 fully saturated rings. The van der Waals surface area contributed by atoms with Gasteiger partial charge in [-0.25, -0.2) is 22.1 Å². The van der Waals surface area contributed by atoms with Crippen LogP contribution >= 0.6 is 0 Å². The Balaban J connectivity index is 1.63. The number of hydrogen-bond acceptors (Lipinski definition) is 4. The highest BCUT2D eigenvalue weighted by atomic mass is 32.2. The quantitative estimate of drug-likeness (QED) is 0.654. The SMILES string of the molecule is CN(C)S(=O)(=O)c1ccc2c(c1)ncn2CCC(=O)NCc1ccc(F)cc1. The molecule has 3 aromatic rings. The van der Waals surface area contributed by atoms with E-state index in [1.165, 1.54) is 38.4 Å². The Hall–Kier alpha value is -2.78. The molecule has 148 valence electrons. The van der Waals surface area contributed by atoms with Gasteiger partial charge in [-0.05, 0) is 35.9 Å². The lowest BCUT2D eigenvalue weighted by Crippen LogP contribution is -2.23. The fourth-order valence-electron chi connectivity index (χ4n) is 2.71. The molecule has 28 heavy (non-hydrogen) atoms. The fourth-order valence-corrected chi connectivity index (χ4v) is 3.63. The molecule has 3 rings (SSSR count). The Bertz CT molecular complexity index is 1090. The third kappa shape index (κ3) is 4.37. The van der Waals surface area contributed by atoms with E-state index >= 15 is 0 Å². The van der Waals surface area contributed by atoms with Gasteiger partial charge in [0.2, 0.25) is 15.9 Å². The van der Waals surface area contributed by atoms with Gasteiger partial charge in [-0.2, -0.15) is 0 Å². The van der Waals surface area contributed by atoms with Crippen molar-refractivity contribution in [3.05, 3.63) is 60.2 Å². The Morgan fingerprint density at radius 1 is 1.18 bits per heavy atom. The van der Waals surface area contributed by atoms with Gasteiger partial charge in [0, 0.05) is 33.6 Å². The number of sulfonamides is 1. The van der Waals surface area contributed by atoms with E-state index in [1.54, 1.807) is 29.1 Å². The van der Waals surface area contributed by atoms with E-state index in [-0.39, 0.29) is 23.0 Å². The molecule has 7 nitrogen and oxygen atoms in total. The predicted octanol–water partition coefficient (Wildman–Crippen LogP) is 2.13. The second-order valence-corrected chi connectivity index (χ2v) is 8.68. The van der Waals surface area contributed by atoms with E-state index in [9.17, 15) is 17.6 Å². The average Bonchev–Trinajstić information content (AvgIpc) is 3.08. The molecule has 1 N–H and O–H groups in total. The van der Waals surface area contributed by atoms with E-state index in [1.807, 2.05) is 0 Å². The van der Waals surface area contributed by atoms with Crippen LogP contribution in [0.1, 0.15) is 12.0 Å². The molecule has 9 heteroatoms. The van der Waals surface area contributed by atoms with Gasteiger partial charge >= 0.3 is 0 Å². The van der Waals surface area contributed by atoms with Crippen molar-refractivity contribution in [2.45, 2.75) is 24.4 Å².